The predicted octanol–water partition coefficient (Wildman–Crippen LogP) is 2.99. The molecule has 0 aliphatic carbocycles. The molecule has 0 aliphatic heterocycles. The lowest BCUT2D eigenvalue weighted by molar-refractivity contribution is -0.385. The number of amides is 2. The van der Waals surface area contributed by atoms with Crippen LogP contribution in [-0.4, -0.2) is 42.5 Å². The molecule has 0 spiro atoms. The Kier molecular flexibility index (Phi) is 9.15. The molecule has 2 amide bonds. The molecular formula is C22H25N3O7. The smallest absolute Gasteiger partial charge is 0.325 e. The molecule has 2 N–H and O–H groups in total. The molecular weight excluding hydrogens is 418 g/mol. The number of ether oxygens (including phenoxy) is 2. The van der Waals surface area contributed by atoms with Gasteiger partial charge >= 0.3 is 5.97 Å². The summed E-state index contributed by atoms with van der Waals surface area (Å²) in [6.45, 7) is 3.22. The van der Waals surface area contributed by atoms with E-state index in [4.69, 9.17) is 9.47 Å². The van der Waals surface area contributed by atoms with Crippen molar-refractivity contribution >= 4 is 29.2 Å². The molecule has 10 heteroatoms. The van der Waals surface area contributed by atoms with Gasteiger partial charge in [-0.05, 0) is 43.7 Å². The number of nitro groups is 1. The lowest BCUT2D eigenvalue weighted by Gasteiger charge is -2.09. The van der Waals surface area contributed by atoms with Gasteiger partial charge in [0.25, 0.3) is 17.5 Å². The Morgan fingerprint density at radius 2 is 1.81 bits per heavy atom. The number of hydrogen-bond donors (Lipinski definition) is 2. The highest BCUT2D eigenvalue weighted by molar-refractivity contribution is 5.96. The first-order valence-electron chi connectivity index (χ1n) is 10.0. The number of hydrogen-bond acceptors (Lipinski definition) is 7. The summed E-state index contributed by atoms with van der Waals surface area (Å²) in [5.74, 6) is -1.29. The van der Waals surface area contributed by atoms with Crippen LogP contribution in [0.25, 0.3) is 0 Å². The molecule has 32 heavy (non-hydrogen) atoms. The van der Waals surface area contributed by atoms with E-state index in [9.17, 15) is 24.5 Å². The second-order valence-electron chi connectivity index (χ2n) is 6.88. The van der Waals surface area contributed by atoms with E-state index in [1.165, 1.54) is 18.2 Å². The van der Waals surface area contributed by atoms with E-state index in [1.807, 2.05) is 0 Å². The highest BCUT2D eigenvalue weighted by atomic mass is 16.6. The van der Waals surface area contributed by atoms with Crippen molar-refractivity contribution in [3.63, 3.8) is 0 Å². The van der Waals surface area contributed by atoms with Crippen LogP contribution in [0, 0.1) is 17.0 Å². The van der Waals surface area contributed by atoms with Crippen LogP contribution in [0.3, 0.4) is 0 Å². The maximum atomic E-state index is 12.1. The SMILES string of the molecule is CCCCOc1ccc(C(=O)NCC(=O)OCC(=O)Nc2ccc(C)c([N+](=O)[O-])c2)cc1. The Morgan fingerprint density at radius 3 is 2.47 bits per heavy atom. The Morgan fingerprint density at radius 1 is 1.09 bits per heavy atom. The number of nitrogens with one attached hydrogen (secondary N) is 2. The van der Waals surface area contributed by atoms with Crippen molar-refractivity contribution in [2.45, 2.75) is 26.7 Å². The topological polar surface area (TPSA) is 137 Å². The van der Waals surface area contributed by atoms with Crippen LogP contribution in [0.15, 0.2) is 42.5 Å². The number of carbonyl (C=O) groups excluding carboxylic acids is 3. The van der Waals surface area contributed by atoms with E-state index < -0.39 is 35.9 Å². The molecule has 0 unspecified atom stereocenters. The van der Waals surface area contributed by atoms with Crippen LogP contribution in [0.1, 0.15) is 35.7 Å². The fourth-order valence-electron chi connectivity index (χ4n) is 2.57. The summed E-state index contributed by atoms with van der Waals surface area (Å²) in [4.78, 5) is 46.2. The van der Waals surface area contributed by atoms with E-state index >= 15 is 0 Å². The van der Waals surface area contributed by atoms with Crippen LogP contribution in [0.5, 0.6) is 5.75 Å². The van der Waals surface area contributed by atoms with Crippen molar-refractivity contribution in [2.75, 3.05) is 25.1 Å². The zero-order valence-electron chi connectivity index (χ0n) is 17.9. The zero-order chi connectivity index (χ0) is 23.5. The highest BCUT2D eigenvalue weighted by Crippen LogP contribution is 2.22. The quantitative estimate of drug-likeness (QED) is 0.236. The third kappa shape index (κ3) is 7.71. The van der Waals surface area contributed by atoms with Crippen molar-refractivity contribution in [1.29, 1.82) is 0 Å². The fourth-order valence-corrected chi connectivity index (χ4v) is 2.57. The van der Waals surface area contributed by atoms with Crippen molar-refractivity contribution in [3.05, 3.63) is 63.7 Å². The van der Waals surface area contributed by atoms with Gasteiger partial charge in [0.2, 0.25) is 0 Å². The van der Waals surface area contributed by atoms with Gasteiger partial charge in [-0.15, -0.1) is 0 Å². The lowest BCUT2D eigenvalue weighted by atomic mass is 10.2. The highest BCUT2D eigenvalue weighted by Gasteiger charge is 2.14. The number of aryl methyl sites for hydroxylation is 1. The van der Waals surface area contributed by atoms with Gasteiger partial charge < -0.3 is 20.1 Å². The van der Waals surface area contributed by atoms with Crippen molar-refractivity contribution in [2.24, 2.45) is 0 Å². The molecule has 0 saturated heterocycles. The van der Waals surface area contributed by atoms with Gasteiger partial charge in [-0.25, -0.2) is 0 Å². The van der Waals surface area contributed by atoms with Crippen LogP contribution in [0.2, 0.25) is 0 Å². The molecule has 0 aliphatic rings. The average Bonchev–Trinajstić information content (AvgIpc) is 2.77. The maximum Gasteiger partial charge on any atom is 0.325 e. The predicted molar refractivity (Wildman–Crippen MR) is 117 cm³/mol. The first kappa shape index (κ1) is 24.3. The molecule has 0 aromatic heterocycles. The monoisotopic (exact) mass is 443 g/mol. The molecule has 170 valence electrons. The molecule has 0 radical (unpaired) electrons. The summed E-state index contributed by atoms with van der Waals surface area (Å²) in [5, 5.41) is 15.8. The second kappa shape index (κ2) is 12.0. The molecule has 0 fully saturated rings. The largest absolute Gasteiger partial charge is 0.494 e. The summed E-state index contributed by atoms with van der Waals surface area (Å²) >= 11 is 0. The number of nitro benzene ring substituents is 1. The number of carbonyl (C=O) groups is 3. The van der Waals surface area contributed by atoms with E-state index in [2.05, 4.69) is 17.6 Å². The van der Waals surface area contributed by atoms with Crippen LogP contribution in [0.4, 0.5) is 11.4 Å². The minimum Gasteiger partial charge on any atom is -0.494 e. The lowest BCUT2D eigenvalue weighted by Crippen LogP contribution is -2.32. The summed E-state index contributed by atoms with van der Waals surface area (Å²) in [7, 11) is 0. The molecule has 2 rings (SSSR count). The minimum absolute atomic E-state index is 0.136. The van der Waals surface area contributed by atoms with Gasteiger partial charge in [-0.2, -0.15) is 0 Å². The number of esters is 1. The number of unbranched alkanes of at least 4 members (excludes halogenated alkanes) is 1. The van der Waals surface area contributed by atoms with Gasteiger partial charge in [-0.3, -0.25) is 24.5 Å². The molecule has 10 nitrogen and oxygen atoms in total. The number of rotatable bonds is 11. The van der Waals surface area contributed by atoms with Gasteiger partial charge in [-0.1, -0.05) is 19.4 Å². The van der Waals surface area contributed by atoms with Crippen molar-refractivity contribution in [1.82, 2.24) is 5.32 Å². The van der Waals surface area contributed by atoms with Crippen molar-refractivity contribution in [3.8, 4) is 5.75 Å². The molecule has 0 bridgehead atoms. The van der Waals surface area contributed by atoms with Gasteiger partial charge in [0.15, 0.2) is 6.61 Å². The van der Waals surface area contributed by atoms with Crippen LogP contribution >= 0.6 is 0 Å². The van der Waals surface area contributed by atoms with E-state index in [0.717, 1.165) is 12.8 Å². The summed E-state index contributed by atoms with van der Waals surface area (Å²) in [5.41, 5.74) is 0.870. The second-order valence-corrected chi connectivity index (χ2v) is 6.88. The van der Waals surface area contributed by atoms with Crippen LogP contribution in [-0.2, 0) is 14.3 Å². The van der Waals surface area contributed by atoms with E-state index in [0.29, 0.717) is 23.5 Å². The van der Waals surface area contributed by atoms with Gasteiger partial charge in [0, 0.05) is 22.9 Å². The first-order valence-corrected chi connectivity index (χ1v) is 10.0. The molecule has 0 saturated carbocycles. The minimum atomic E-state index is -0.803. The first-order chi connectivity index (χ1) is 15.3. The standard InChI is InChI=1S/C22H25N3O7/c1-3-4-11-31-18-9-6-16(7-10-18)22(28)23-13-21(27)32-14-20(26)24-17-8-5-15(2)19(12-17)25(29)30/h5-10,12H,3-4,11,13-14H2,1-2H3,(H,23,28)(H,24,26). The Labute approximate surface area is 185 Å². The van der Waals surface area contributed by atoms with E-state index in [1.54, 1.807) is 31.2 Å². The number of benzene rings is 2. The normalized spacial score (nSPS) is 10.2. The van der Waals surface area contributed by atoms with Gasteiger partial charge in [0.1, 0.15) is 12.3 Å². The van der Waals surface area contributed by atoms with E-state index in [-0.39, 0.29) is 11.4 Å². The molecule has 0 heterocycles. The number of nitrogens with zero attached hydrogens (tertiary/aromatic N) is 1. The Balaban J connectivity index is 1.74. The fraction of sp³-hybridized carbons (Fsp3) is 0.318. The Hall–Kier alpha value is -3.95. The molecule has 2 aromatic carbocycles. The molecule has 0 atom stereocenters. The maximum absolute atomic E-state index is 12.1. The summed E-state index contributed by atoms with van der Waals surface area (Å²) in [6, 6.07) is 10.7. The third-order valence-electron chi connectivity index (χ3n) is 4.33. The summed E-state index contributed by atoms with van der Waals surface area (Å²) in [6.07, 6.45) is 1.96. The summed E-state index contributed by atoms with van der Waals surface area (Å²) < 4.78 is 10.3. The van der Waals surface area contributed by atoms with Crippen molar-refractivity contribution < 1.29 is 28.8 Å². The zero-order valence-corrected chi connectivity index (χ0v) is 17.9. The Bertz CT molecular complexity index is 974. The molecule has 2 aromatic rings. The van der Waals surface area contributed by atoms with Gasteiger partial charge in [0.05, 0.1) is 11.5 Å². The third-order valence-corrected chi connectivity index (χ3v) is 4.33. The van der Waals surface area contributed by atoms with Crippen LogP contribution < -0.4 is 15.4 Å². The number of anilines is 1. The average molecular weight is 443 g/mol.